The fraction of sp³-hybridized carbons (Fsp3) is 0.520. The van der Waals surface area contributed by atoms with Crippen molar-refractivity contribution in [2.75, 3.05) is 10.8 Å². The van der Waals surface area contributed by atoms with Gasteiger partial charge in [0.15, 0.2) is 5.82 Å². The Morgan fingerprint density at radius 3 is 2.68 bits per heavy atom. The summed E-state index contributed by atoms with van der Waals surface area (Å²) in [7, 11) is 0. The van der Waals surface area contributed by atoms with Gasteiger partial charge in [-0.3, -0.25) is 18.5 Å². The molecule has 4 rings (SSSR count). The smallest absolute Gasteiger partial charge is 0.253 e. The predicted molar refractivity (Wildman–Crippen MR) is 134 cm³/mol. The molecule has 0 radical (unpaired) electrons. The van der Waals surface area contributed by atoms with Gasteiger partial charge in [0.1, 0.15) is 18.0 Å². The number of rotatable bonds is 10. The lowest BCUT2D eigenvalue weighted by atomic mass is 9.96. The fourth-order valence-corrected chi connectivity index (χ4v) is 4.97. The topological polar surface area (TPSA) is 87.5 Å². The van der Waals surface area contributed by atoms with E-state index in [1.54, 1.807) is 6.20 Å². The first kappa shape index (κ1) is 25.9. The van der Waals surface area contributed by atoms with E-state index >= 15 is 4.39 Å². The number of nitrogens with zero attached hydrogens (tertiary/aromatic N) is 3. The summed E-state index contributed by atoms with van der Waals surface area (Å²) >= 11 is -1.92. The molecule has 2 fully saturated rings. The molecule has 1 aromatic carbocycles. The molecular formula is C25H35FN4O3S. The Morgan fingerprint density at radius 1 is 1.35 bits per heavy atom. The van der Waals surface area contributed by atoms with E-state index in [1.807, 2.05) is 17.0 Å². The average Bonchev–Trinajstić information content (AvgIpc) is 3.44. The number of amides is 1. The van der Waals surface area contributed by atoms with Gasteiger partial charge in [-0.2, -0.15) is 5.10 Å². The molecule has 2 heterocycles. The molecule has 2 aromatic rings. The molecule has 0 spiro atoms. The zero-order valence-corrected chi connectivity index (χ0v) is 20.8. The quantitative estimate of drug-likeness (QED) is 0.454. The van der Waals surface area contributed by atoms with E-state index in [0.717, 1.165) is 36.0 Å². The molecule has 2 atom stereocenters. The number of phenols is 1. The number of phenolic OH excluding ortho intramolecular Hbond substituents is 1. The van der Waals surface area contributed by atoms with Crippen LogP contribution in [-0.2, 0) is 22.5 Å². The molecule has 34 heavy (non-hydrogen) atoms. The number of halogens is 1. The van der Waals surface area contributed by atoms with Gasteiger partial charge >= 0.3 is 0 Å². The maximum absolute atomic E-state index is 15.3. The van der Waals surface area contributed by atoms with Crippen LogP contribution in [-0.4, -0.2) is 31.5 Å². The van der Waals surface area contributed by atoms with Crippen LogP contribution in [0.3, 0.4) is 0 Å². The highest BCUT2D eigenvalue weighted by molar-refractivity contribution is 7.85. The number of carbonyl (C=O) groups excluding carboxylic acids is 1. The van der Waals surface area contributed by atoms with Crippen molar-refractivity contribution < 1.29 is 18.5 Å². The Balaban J connectivity index is 0.000000751. The molecule has 2 unspecified atom stereocenters. The van der Waals surface area contributed by atoms with Crippen LogP contribution in [0.2, 0.25) is 0 Å². The molecule has 9 heteroatoms. The molecular weight excluding hydrogens is 455 g/mol. The van der Waals surface area contributed by atoms with Crippen molar-refractivity contribution in [2.24, 2.45) is 11.8 Å². The van der Waals surface area contributed by atoms with Crippen LogP contribution < -0.4 is 9.03 Å². The van der Waals surface area contributed by atoms with Crippen molar-refractivity contribution in [3.63, 3.8) is 0 Å². The van der Waals surface area contributed by atoms with Gasteiger partial charge in [-0.05, 0) is 43.2 Å². The van der Waals surface area contributed by atoms with E-state index in [1.165, 1.54) is 37.8 Å². The third kappa shape index (κ3) is 6.68. The molecule has 1 saturated heterocycles. The van der Waals surface area contributed by atoms with Crippen LogP contribution in [0.4, 0.5) is 10.1 Å². The number of carbonyl (C=O) groups is 1. The SMILES string of the molecule is C=CCC.CCCC(CCC1CC1)Cn1cc(-c2ccc(O)c(N3CC(=O)NS3=O)c2F)cn1. The minimum Gasteiger partial charge on any atom is -0.506 e. The van der Waals surface area contributed by atoms with Crippen molar-refractivity contribution in [3.8, 4) is 16.9 Å². The summed E-state index contributed by atoms with van der Waals surface area (Å²) in [6.07, 6.45) is 13.8. The van der Waals surface area contributed by atoms with Crippen molar-refractivity contribution in [1.82, 2.24) is 14.5 Å². The molecule has 0 bridgehead atoms. The number of hydrogen-bond acceptors (Lipinski definition) is 4. The lowest BCUT2D eigenvalue weighted by Gasteiger charge is -2.17. The third-order valence-corrected chi connectivity index (χ3v) is 7.20. The summed E-state index contributed by atoms with van der Waals surface area (Å²) in [6, 6.07) is 2.82. The molecule has 7 nitrogen and oxygen atoms in total. The largest absolute Gasteiger partial charge is 0.506 e. The molecule has 2 N–H and O–H groups in total. The van der Waals surface area contributed by atoms with Crippen LogP contribution in [0, 0.1) is 17.7 Å². The van der Waals surface area contributed by atoms with Gasteiger partial charge in [0.25, 0.3) is 5.91 Å². The highest BCUT2D eigenvalue weighted by Crippen LogP contribution is 2.38. The van der Waals surface area contributed by atoms with E-state index in [4.69, 9.17) is 0 Å². The van der Waals surface area contributed by atoms with E-state index in [9.17, 15) is 14.1 Å². The van der Waals surface area contributed by atoms with Crippen LogP contribution in [0.15, 0.2) is 37.2 Å². The van der Waals surface area contributed by atoms with Crippen molar-refractivity contribution in [3.05, 3.63) is 43.0 Å². The average molecular weight is 491 g/mol. The number of allylic oxidation sites excluding steroid dienone is 1. The second-order valence-electron chi connectivity index (χ2n) is 8.93. The number of aromatic nitrogens is 2. The first-order valence-electron chi connectivity index (χ1n) is 12.0. The molecule has 1 saturated carbocycles. The summed E-state index contributed by atoms with van der Waals surface area (Å²) in [5.74, 6) is -0.124. The van der Waals surface area contributed by atoms with Crippen molar-refractivity contribution in [2.45, 2.75) is 65.3 Å². The van der Waals surface area contributed by atoms with Crippen LogP contribution >= 0.6 is 0 Å². The lowest BCUT2D eigenvalue weighted by Crippen LogP contribution is -2.23. The minimum absolute atomic E-state index is 0.245. The zero-order valence-electron chi connectivity index (χ0n) is 20.0. The third-order valence-electron chi connectivity index (χ3n) is 6.09. The summed E-state index contributed by atoms with van der Waals surface area (Å²) < 4.78 is 32.4. The molecule has 2 aliphatic rings. The summed E-state index contributed by atoms with van der Waals surface area (Å²) in [5, 5.41) is 14.6. The molecule has 186 valence electrons. The number of anilines is 1. The van der Waals surface area contributed by atoms with Gasteiger partial charge in [0.05, 0.1) is 6.20 Å². The van der Waals surface area contributed by atoms with Gasteiger partial charge in [-0.1, -0.05) is 45.6 Å². The van der Waals surface area contributed by atoms with Crippen LogP contribution in [0.1, 0.15) is 58.8 Å². The van der Waals surface area contributed by atoms with Gasteiger partial charge < -0.3 is 5.11 Å². The summed E-state index contributed by atoms with van der Waals surface area (Å²) in [4.78, 5) is 11.5. The first-order chi connectivity index (χ1) is 16.4. The number of nitrogens with one attached hydrogen (secondary N) is 1. The highest BCUT2D eigenvalue weighted by Gasteiger charge is 2.32. The maximum atomic E-state index is 15.3. The number of benzene rings is 1. The Bertz CT molecular complexity index is 1020. The summed E-state index contributed by atoms with van der Waals surface area (Å²) in [6.45, 7) is 8.25. The Kier molecular flexibility index (Phi) is 9.27. The van der Waals surface area contributed by atoms with E-state index < -0.39 is 22.9 Å². The van der Waals surface area contributed by atoms with Gasteiger partial charge in [-0.15, -0.1) is 6.58 Å². The Morgan fingerprint density at radius 2 is 2.09 bits per heavy atom. The highest BCUT2D eigenvalue weighted by atomic mass is 32.2. The van der Waals surface area contributed by atoms with Crippen molar-refractivity contribution >= 4 is 22.8 Å². The van der Waals surface area contributed by atoms with Crippen molar-refractivity contribution in [1.29, 1.82) is 0 Å². The monoisotopic (exact) mass is 490 g/mol. The second-order valence-corrected chi connectivity index (χ2v) is 10.1. The van der Waals surface area contributed by atoms with Gasteiger partial charge in [-0.25, -0.2) is 8.60 Å². The normalized spacial score (nSPS) is 18.3. The van der Waals surface area contributed by atoms with Crippen LogP contribution in [0.5, 0.6) is 5.75 Å². The standard InChI is InChI=1S/C21H27FN4O3S.C4H8/c1-2-3-15(7-6-14-4-5-14)11-25-12-16(10-23-25)17-8-9-18(27)21(20(17)22)26-13-19(28)24-30(26)29;1-3-4-2/h8-10,12,14-15,27H,2-7,11,13H2,1H3,(H,24,28);3H,1,4H2,2H3. The predicted octanol–water partition coefficient (Wildman–Crippen LogP) is 5.10. The van der Waals surface area contributed by atoms with Gasteiger partial charge in [0, 0.05) is 23.9 Å². The maximum Gasteiger partial charge on any atom is 0.253 e. The fourth-order valence-electron chi connectivity index (χ4n) is 4.03. The second kappa shape index (κ2) is 12.1. The number of aromatic hydroxyl groups is 1. The molecule has 1 aliphatic carbocycles. The Hall–Kier alpha value is -2.68. The lowest BCUT2D eigenvalue weighted by molar-refractivity contribution is -0.117. The zero-order chi connectivity index (χ0) is 24.7. The van der Waals surface area contributed by atoms with Crippen LogP contribution in [0.25, 0.3) is 11.1 Å². The van der Waals surface area contributed by atoms with E-state index in [-0.39, 0.29) is 23.5 Å². The molecule has 1 aromatic heterocycles. The first-order valence-corrected chi connectivity index (χ1v) is 13.1. The van der Waals surface area contributed by atoms with E-state index in [0.29, 0.717) is 11.5 Å². The molecule has 1 amide bonds. The summed E-state index contributed by atoms with van der Waals surface area (Å²) in [5.41, 5.74) is 0.580. The Labute approximate surface area is 203 Å². The van der Waals surface area contributed by atoms with E-state index in [2.05, 4.69) is 30.2 Å². The molecule has 1 aliphatic heterocycles. The number of hydrogen-bond donors (Lipinski definition) is 2. The minimum atomic E-state index is -1.92. The van der Waals surface area contributed by atoms with Gasteiger partial charge in [0.2, 0.25) is 11.2 Å².